The van der Waals surface area contributed by atoms with Gasteiger partial charge in [0.15, 0.2) is 5.76 Å². The maximum Gasteiger partial charge on any atom is 0.290 e. The summed E-state index contributed by atoms with van der Waals surface area (Å²) >= 11 is 1.87. The van der Waals surface area contributed by atoms with E-state index in [2.05, 4.69) is 4.90 Å². The van der Waals surface area contributed by atoms with Crippen molar-refractivity contribution in [1.82, 2.24) is 9.80 Å². The fraction of sp³-hybridized carbons (Fsp3) is 0.684. The molecule has 0 N–H and O–H groups in total. The summed E-state index contributed by atoms with van der Waals surface area (Å²) in [4.78, 5) is 29.4. The third-order valence-electron chi connectivity index (χ3n) is 5.97. The van der Waals surface area contributed by atoms with Gasteiger partial charge in [-0.15, -0.1) is 11.8 Å². The number of nitrogens with zero attached hydrogens (tertiary/aromatic N) is 2. The number of furan rings is 1. The fourth-order valence-corrected chi connectivity index (χ4v) is 5.98. The highest BCUT2D eigenvalue weighted by Crippen LogP contribution is 2.45. The molecule has 2 saturated heterocycles. The van der Waals surface area contributed by atoms with Gasteiger partial charge in [-0.05, 0) is 37.8 Å². The van der Waals surface area contributed by atoms with Crippen molar-refractivity contribution < 1.29 is 14.0 Å². The molecule has 0 unspecified atom stereocenters. The van der Waals surface area contributed by atoms with E-state index in [1.165, 1.54) is 19.3 Å². The monoisotopic (exact) mass is 362 g/mol. The highest BCUT2D eigenvalue weighted by Gasteiger charge is 2.47. The molecule has 5 nitrogen and oxygen atoms in total. The van der Waals surface area contributed by atoms with Crippen molar-refractivity contribution in [1.29, 1.82) is 0 Å². The van der Waals surface area contributed by atoms with Crippen LogP contribution in [0.15, 0.2) is 22.8 Å². The van der Waals surface area contributed by atoms with Crippen molar-refractivity contribution in [3.8, 4) is 0 Å². The van der Waals surface area contributed by atoms with Crippen LogP contribution in [0.25, 0.3) is 0 Å². The molecule has 6 heteroatoms. The van der Waals surface area contributed by atoms with Crippen molar-refractivity contribution in [2.45, 2.75) is 49.8 Å². The Hall–Kier alpha value is -1.43. The van der Waals surface area contributed by atoms with Crippen LogP contribution >= 0.6 is 11.8 Å². The summed E-state index contributed by atoms with van der Waals surface area (Å²) in [5.74, 6) is 1.95. The van der Waals surface area contributed by atoms with Crippen LogP contribution in [0.3, 0.4) is 0 Å². The van der Waals surface area contributed by atoms with Crippen molar-refractivity contribution in [3.63, 3.8) is 0 Å². The molecular weight excluding hydrogens is 336 g/mol. The van der Waals surface area contributed by atoms with E-state index in [1.54, 1.807) is 18.4 Å². The molecule has 136 valence electrons. The van der Waals surface area contributed by atoms with Gasteiger partial charge in [0.1, 0.15) is 0 Å². The second-order valence-electron chi connectivity index (χ2n) is 7.39. The highest BCUT2D eigenvalue weighted by atomic mass is 32.2. The zero-order valence-electron chi connectivity index (χ0n) is 14.6. The van der Waals surface area contributed by atoms with Crippen LogP contribution in [0.4, 0.5) is 0 Å². The molecule has 1 aliphatic carbocycles. The molecule has 1 saturated carbocycles. The van der Waals surface area contributed by atoms with Crippen LogP contribution in [0, 0.1) is 5.92 Å². The number of likely N-dealkylation sites (tertiary alicyclic amines) is 1. The van der Waals surface area contributed by atoms with Crippen molar-refractivity contribution in [3.05, 3.63) is 24.2 Å². The summed E-state index contributed by atoms with van der Waals surface area (Å²) in [6.45, 7) is 2.30. The van der Waals surface area contributed by atoms with E-state index in [0.717, 1.165) is 51.1 Å². The van der Waals surface area contributed by atoms with Gasteiger partial charge in [-0.3, -0.25) is 9.59 Å². The lowest BCUT2D eigenvalue weighted by atomic mass is 9.87. The van der Waals surface area contributed by atoms with Crippen LogP contribution in [0.1, 0.15) is 55.5 Å². The average molecular weight is 362 g/mol. The number of carbonyl (C=O) groups excluding carboxylic acids is 2. The molecular formula is C19H26N2O3S. The minimum absolute atomic E-state index is 0.0120. The zero-order valence-corrected chi connectivity index (χ0v) is 15.4. The highest BCUT2D eigenvalue weighted by molar-refractivity contribution is 8.00. The second-order valence-corrected chi connectivity index (χ2v) is 8.85. The number of hydrogen-bond acceptors (Lipinski definition) is 4. The lowest BCUT2D eigenvalue weighted by Crippen LogP contribution is -2.54. The zero-order chi connectivity index (χ0) is 17.3. The maximum atomic E-state index is 12.8. The summed E-state index contributed by atoms with van der Waals surface area (Å²) < 4.78 is 5.32. The minimum Gasteiger partial charge on any atom is -0.459 e. The van der Waals surface area contributed by atoms with E-state index in [9.17, 15) is 9.59 Å². The number of carbonyl (C=O) groups is 2. The van der Waals surface area contributed by atoms with Crippen LogP contribution < -0.4 is 0 Å². The standard InChI is InChI=1S/C19H26N2O3S/c22-17(15-5-2-1-3-6-15)20-10-8-19(9-11-20)21(12-14-25-19)18(23)16-7-4-13-24-16/h4,7,13,15H,1-3,5-6,8-12,14H2. The van der Waals surface area contributed by atoms with Gasteiger partial charge in [-0.1, -0.05) is 19.3 Å². The van der Waals surface area contributed by atoms with Crippen molar-refractivity contribution in [2.24, 2.45) is 5.92 Å². The normalized spacial score (nSPS) is 24.0. The number of amides is 2. The lowest BCUT2D eigenvalue weighted by Gasteiger charge is -2.44. The predicted octanol–water partition coefficient (Wildman–Crippen LogP) is 3.37. The SMILES string of the molecule is O=C(C1CCCCC1)N1CCC2(CC1)SCCN2C(=O)c1ccco1. The first-order chi connectivity index (χ1) is 12.2. The summed E-state index contributed by atoms with van der Waals surface area (Å²) in [5.41, 5.74) is 0. The first-order valence-electron chi connectivity index (χ1n) is 9.48. The van der Waals surface area contributed by atoms with Gasteiger partial charge in [-0.25, -0.2) is 0 Å². The Morgan fingerprint density at radius 1 is 1.12 bits per heavy atom. The van der Waals surface area contributed by atoms with Gasteiger partial charge in [0.05, 0.1) is 11.1 Å². The molecule has 0 bridgehead atoms. The number of hydrogen-bond donors (Lipinski definition) is 0. The topological polar surface area (TPSA) is 53.8 Å². The third-order valence-corrected chi connectivity index (χ3v) is 7.52. The number of thioether (sulfide) groups is 1. The fourth-order valence-electron chi connectivity index (χ4n) is 4.53. The Kier molecular flexibility index (Phi) is 4.80. The minimum atomic E-state index is -0.160. The molecule has 3 heterocycles. The maximum absolute atomic E-state index is 12.8. The quantitative estimate of drug-likeness (QED) is 0.809. The third kappa shape index (κ3) is 3.21. The van der Waals surface area contributed by atoms with Gasteiger partial charge < -0.3 is 14.2 Å². The van der Waals surface area contributed by atoms with Gasteiger partial charge in [0.2, 0.25) is 5.91 Å². The van der Waals surface area contributed by atoms with E-state index in [1.807, 2.05) is 16.7 Å². The molecule has 2 aliphatic heterocycles. The molecule has 0 atom stereocenters. The lowest BCUT2D eigenvalue weighted by molar-refractivity contribution is -0.138. The molecule has 3 aliphatic rings. The Bertz CT molecular complexity index is 617. The Balaban J connectivity index is 1.41. The summed E-state index contributed by atoms with van der Waals surface area (Å²) in [5, 5.41) is 0. The van der Waals surface area contributed by atoms with Gasteiger partial charge in [0, 0.05) is 31.3 Å². The van der Waals surface area contributed by atoms with Gasteiger partial charge in [0.25, 0.3) is 5.91 Å². The first-order valence-corrected chi connectivity index (χ1v) is 10.5. The van der Waals surface area contributed by atoms with Gasteiger partial charge >= 0.3 is 0 Å². The summed E-state index contributed by atoms with van der Waals surface area (Å²) in [6.07, 6.45) is 9.04. The van der Waals surface area contributed by atoms with Crippen LogP contribution in [-0.4, -0.2) is 51.9 Å². The van der Waals surface area contributed by atoms with Crippen LogP contribution in [-0.2, 0) is 4.79 Å². The molecule has 0 radical (unpaired) electrons. The smallest absolute Gasteiger partial charge is 0.290 e. The van der Waals surface area contributed by atoms with Crippen LogP contribution in [0.5, 0.6) is 0 Å². The number of rotatable bonds is 2. The molecule has 4 rings (SSSR count). The molecule has 1 aromatic rings. The molecule has 0 aromatic carbocycles. The van der Waals surface area contributed by atoms with E-state index in [4.69, 9.17) is 4.42 Å². The van der Waals surface area contributed by atoms with Gasteiger partial charge in [-0.2, -0.15) is 0 Å². The van der Waals surface area contributed by atoms with Crippen LogP contribution in [0.2, 0.25) is 0 Å². The van der Waals surface area contributed by atoms with Crippen molar-refractivity contribution in [2.75, 3.05) is 25.4 Å². The molecule has 25 heavy (non-hydrogen) atoms. The molecule has 1 spiro atoms. The number of piperidine rings is 1. The summed E-state index contributed by atoms with van der Waals surface area (Å²) in [7, 11) is 0. The van der Waals surface area contributed by atoms with E-state index in [-0.39, 0.29) is 16.7 Å². The second kappa shape index (κ2) is 7.06. The molecule has 3 fully saturated rings. The summed E-state index contributed by atoms with van der Waals surface area (Å²) in [6, 6.07) is 3.50. The van der Waals surface area contributed by atoms with E-state index < -0.39 is 0 Å². The Labute approximate surface area is 153 Å². The molecule has 1 aromatic heterocycles. The van der Waals surface area contributed by atoms with E-state index in [0.29, 0.717) is 11.7 Å². The average Bonchev–Trinajstić information content (AvgIpc) is 3.33. The molecule has 2 amide bonds. The predicted molar refractivity (Wildman–Crippen MR) is 97.3 cm³/mol. The largest absolute Gasteiger partial charge is 0.459 e. The Morgan fingerprint density at radius 2 is 1.88 bits per heavy atom. The van der Waals surface area contributed by atoms with E-state index >= 15 is 0 Å². The van der Waals surface area contributed by atoms with Crippen molar-refractivity contribution >= 4 is 23.6 Å². The Morgan fingerprint density at radius 3 is 2.56 bits per heavy atom. The first kappa shape index (κ1) is 17.0.